The largest absolute Gasteiger partial charge is 0.398 e. The number of hydrogen-bond donors (Lipinski definition) is 2. The Balaban J connectivity index is 2.19. The molecule has 1 aliphatic heterocycles. The Morgan fingerprint density at radius 1 is 1.61 bits per heavy atom. The molecule has 1 aliphatic rings. The normalized spacial score (nSPS) is 27.2. The van der Waals surface area contributed by atoms with Crippen molar-refractivity contribution < 1.29 is 9.53 Å². The number of benzene rings is 1. The monoisotopic (exact) mass is 312 g/mol. The van der Waals surface area contributed by atoms with Gasteiger partial charge in [-0.1, -0.05) is 15.9 Å². The third-order valence-electron chi connectivity index (χ3n) is 3.55. The maximum Gasteiger partial charge on any atom is 0.253 e. The maximum atomic E-state index is 12.3. The summed E-state index contributed by atoms with van der Waals surface area (Å²) in [7, 11) is 0. The third-order valence-corrected chi connectivity index (χ3v) is 4.04. The average Bonchev–Trinajstić information content (AvgIpc) is 2.62. The number of ether oxygens (including phenoxy) is 1. The summed E-state index contributed by atoms with van der Waals surface area (Å²) in [6, 6.07) is 5.26. The summed E-state index contributed by atoms with van der Waals surface area (Å²) in [5.74, 6) is -0.159. The lowest BCUT2D eigenvalue weighted by atomic mass is 9.94. The summed E-state index contributed by atoms with van der Waals surface area (Å²) in [6.45, 7) is 4.64. The molecule has 18 heavy (non-hydrogen) atoms. The van der Waals surface area contributed by atoms with Crippen LogP contribution in [0.1, 0.15) is 30.6 Å². The third kappa shape index (κ3) is 2.52. The van der Waals surface area contributed by atoms with Crippen molar-refractivity contribution in [1.82, 2.24) is 5.32 Å². The molecule has 0 saturated carbocycles. The molecule has 0 spiro atoms. The van der Waals surface area contributed by atoms with E-state index in [4.69, 9.17) is 10.5 Å². The molecule has 3 N–H and O–H groups in total. The molecule has 1 aromatic rings. The summed E-state index contributed by atoms with van der Waals surface area (Å²) < 4.78 is 6.34. The van der Waals surface area contributed by atoms with Gasteiger partial charge in [-0.3, -0.25) is 4.79 Å². The van der Waals surface area contributed by atoms with E-state index >= 15 is 0 Å². The minimum absolute atomic E-state index is 0.00910. The fourth-order valence-corrected chi connectivity index (χ4v) is 2.41. The van der Waals surface area contributed by atoms with Gasteiger partial charge in [0.15, 0.2) is 0 Å². The molecule has 1 aromatic carbocycles. The summed E-state index contributed by atoms with van der Waals surface area (Å²) in [5.41, 5.74) is 6.47. The van der Waals surface area contributed by atoms with Gasteiger partial charge in [-0.05, 0) is 38.5 Å². The highest BCUT2D eigenvalue weighted by Gasteiger charge is 2.38. The van der Waals surface area contributed by atoms with Gasteiger partial charge < -0.3 is 15.8 Å². The molecule has 0 aromatic heterocycles. The molecule has 1 fully saturated rings. The van der Waals surface area contributed by atoms with E-state index in [0.29, 0.717) is 17.9 Å². The van der Waals surface area contributed by atoms with E-state index in [-0.39, 0.29) is 17.6 Å². The van der Waals surface area contributed by atoms with Gasteiger partial charge in [0.25, 0.3) is 5.91 Å². The number of anilines is 1. The Labute approximate surface area is 115 Å². The first-order valence-corrected chi connectivity index (χ1v) is 6.71. The molecular weight excluding hydrogens is 296 g/mol. The molecule has 0 bridgehead atoms. The van der Waals surface area contributed by atoms with Gasteiger partial charge in [-0.25, -0.2) is 0 Å². The first kappa shape index (κ1) is 13.4. The molecule has 4 nitrogen and oxygen atoms in total. The topological polar surface area (TPSA) is 64.3 Å². The Hall–Kier alpha value is -1.07. The number of carbonyl (C=O) groups is 1. The van der Waals surface area contributed by atoms with Gasteiger partial charge in [0.05, 0.1) is 17.2 Å². The minimum Gasteiger partial charge on any atom is -0.398 e. The van der Waals surface area contributed by atoms with Crippen LogP contribution in [0.15, 0.2) is 22.7 Å². The van der Waals surface area contributed by atoms with Gasteiger partial charge in [0.2, 0.25) is 0 Å². The summed E-state index contributed by atoms with van der Waals surface area (Å²) >= 11 is 3.34. The number of rotatable bonds is 2. The van der Waals surface area contributed by atoms with Crippen LogP contribution < -0.4 is 11.1 Å². The molecule has 2 unspecified atom stereocenters. The van der Waals surface area contributed by atoms with E-state index < -0.39 is 0 Å². The summed E-state index contributed by atoms with van der Waals surface area (Å²) in [4.78, 5) is 12.3. The number of nitrogen functional groups attached to an aromatic ring is 1. The van der Waals surface area contributed by atoms with Gasteiger partial charge >= 0.3 is 0 Å². The predicted octanol–water partition coefficient (Wildman–Crippen LogP) is 2.33. The molecule has 0 radical (unpaired) electrons. The zero-order valence-corrected chi connectivity index (χ0v) is 12.1. The van der Waals surface area contributed by atoms with Crippen molar-refractivity contribution in [2.75, 3.05) is 12.3 Å². The number of carbonyl (C=O) groups excluding carboxylic acids is 1. The van der Waals surface area contributed by atoms with E-state index in [2.05, 4.69) is 21.2 Å². The number of hydrogen-bond acceptors (Lipinski definition) is 3. The van der Waals surface area contributed by atoms with E-state index in [1.165, 1.54) is 0 Å². The Morgan fingerprint density at radius 2 is 2.33 bits per heavy atom. The van der Waals surface area contributed by atoms with Gasteiger partial charge in [0, 0.05) is 16.8 Å². The second kappa shape index (κ2) is 4.90. The van der Waals surface area contributed by atoms with Crippen LogP contribution in [0.4, 0.5) is 5.69 Å². The van der Waals surface area contributed by atoms with Crippen LogP contribution in [-0.4, -0.2) is 24.2 Å². The quantitative estimate of drug-likeness (QED) is 0.824. The van der Waals surface area contributed by atoms with Crippen molar-refractivity contribution >= 4 is 27.5 Å². The zero-order valence-electron chi connectivity index (χ0n) is 10.5. The van der Waals surface area contributed by atoms with E-state index in [1.807, 2.05) is 19.9 Å². The highest BCUT2D eigenvalue weighted by Crippen LogP contribution is 2.26. The molecule has 5 heteroatoms. The van der Waals surface area contributed by atoms with Crippen LogP contribution in [0.5, 0.6) is 0 Å². The van der Waals surface area contributed by atoms with Gasteiger partial charge in [-0.15, -0.1) is 0 Å². The van der Waals surface area contributed by atoms with Crippen LogP contribution in [0.25, 0.3) is 0 Å². The molecule has 1 amide bonds. The van der Waals surface area contributed by atoms with Crippen LogP contribution in [0, 0.1) is 0 Å². The van der Waals surface area contributed by atoms with Crippen molar-refractivity contribution in [3.63, 3.8) is 0 Å². The summed E-state index contributed by atoms with van der Waals surface area (Å²) in [6.07, 6.45) is 0.822. The van der Waals surface area contributed by atoms with Crippen LogP contribution in [-0.2, 0) is 4.74 Å². The van der Waals surface area contributed by atoms with Crippen molar-refractivity contribution in [3.8, 4) is 0 Å². The van der Waals surface area contributed by atoms with Crippen LogP contribution >= 0.6 is 15.9 Å². The Bertz CT molecular complexity index is 478. The van der Waals surface area contributed by atoms with E-state index in [0.717, 1.165) is 10.9 Å². The second-order valence-electron chi connectivity index (χ2n) is 4.87. The standard InChI is InChI=1S/C13H17BrN2O2/c1-8-13(2,5-6-18-8)16-12(17)10-7-9(14)3-4-11(10)15/h3-4,7-8H,5-6,15H2,1-2H3,(H,16,17). The van der Waals surface area contributed by atoms with Crippen molar-refractivity contribution in [3.05, 3.63) is 28.2 Å². The highest BCUT2D eigenvalue weighted by atomic mass is 79.9. The Kier molecular flexibility index (Phi) is 3.64. The number of nitrogens with one attached hydrogen (secondary N) is 1. The molecule has 98 valence electrons. The predicted molar refractivity (Wildman–Crippen MR) is 74.5 cm³/mol. The van der Waals surface area contributed by atoms with Crippen molar-refractivity contribution in [1.29, 1.82) is 0 Å². The Morgan fingerprint density at radius 3 is 2.94 bits per heavy atom. The highest BCUT2D eigenvalue weighted by molar-refractivity contribution is 9.10. The number of nitrogens with two attached hydrogens (primary N) is 1. The first-order chi connectivity index (χ1) is 8.42. The second-order valence-corrected chi connectivity index (χ2v) is 5.78. The van der Waals surface area contributed by atoms with Crippen LogP contribution in [0.3, 0.4) is 0 Å². The number of halogens is 1. The fourth-order valence-electron chi connectivity index (χ4n) is 2.05. The van der Waals surface area contributed by atoms with Gasteiger partial charge in [0.1, 0.15) is 0 Å². The molecule has 1 heterocycles. The molecule has 2 atom stereocenters. The first-order valence-electron chi connectivity index (χ1n) is 5.91. The van der Waals surface area contributed by atoms with Crippen molar-refractivity contribution in [2.45, 2.75) is 31.9 Å². The molecule has 0 aliphatic carbocycles. The van der Waals surface area contributed by atoms with E-state index in [1.54, 1.807) is 12.1 Å². The number of amides is 1. The van der Waals surface area contributed by atoms with Crippen molar-refractivity contribution in [2.24, 2.45) is 0 Å². The molecular formula is C13H17BrN2O2. The average molecular weight is 313 g/mol. The minimum atomic E-state index is -0.328. The maximum absolute atomic E-state index is 12.3. The van der Waals surface area contributed by atoms with Crippen LogP contribution in [0.2, 0.25) is 0 Å². The lowest BCUT2D eigenvalue weighted by Crippen LogP contribution is -2.50. The van der Waals surface area contributed by atoms with Gasteiger partial charge in [-0.2, -0.15) is 0 Å². The SMILES string of the molecule is CC1OCCC1(C)NC(=O)c1cc(Br)ccc1N. The van der Waals surface area contributed by atoms with E-state index in [9.17, 15) is 4.79 Å². The molecule has 2 rings (SSSR count). The fraction of sp³-hybridized carbons (Fsp3) is 0.462. The lowest BCUT2D eigenvalue weighted by molar-refractivity contribution is 0.0728. The zero-order chi connectivity index (χ0) is 13.3. The lowest BCUT2D eigenvalue weighted by Gasteiger charge is -2.29. The summed E-state index contributed by atoms with van der Waals surface area (Å²) in [5, 5.41) is 3.02. The molecule has 1 saturated heterocycles. The smallest absolute Gasteiger partial charge is 0.253 e.